The molecular formula is C21H29Cl2NO2. The quantitative estimate of drug-likeness (QED) is 0.618. The van der Waals surface area contributed by atoms with Crippen LogP contribution in [0.3, 0.4) is 0 Å². The Morgan fingerprint density at radius 3 is 2.04 bits per heavy atom. The Bertz CT molecular complexity index is 696. The van der Waals surface area contributed by atoms with Crippen LogP contribution >= 0.6 is 24.0 Å². The molecule has 2 aromatic carbocycles. The highest BCUT2D eigenvalue weighted by molar-refractivity contribution is 6.30. The summed E-state index contributed by atoms with van der Waals surface area (Å²) in [5.74, 6) is 0.325. The normalized spacial score (nSPS) is 12.5. The molecule has 0 spiro atoms. The van der Waals surface area contributed by atoms with Gasteiger partial charge in [0.15, 0.2) is 0 Å². The van der Waals surface area contributed by atoms with Crippen LogP contribution in [0, 0.1) is 0 Å². The fourth-order valence-corrected chi connectivity index (χ4v) is 3.64. The van der Waals surface area contributed by atoms with E-state index in [0.29, 0.717) is 17.1 Å². The molecule has 0 aliphatic rings. The number of para-hydroxylation sites is 1. The highest BCUT2D eigenvalue weighted by atomic mass is 35.5. The highest BCUT2D eigenvalue weighted by Crippen LogP contribution is 2.39. The van der Waals surface area contributed by atoms with Crippen LogP contribution in [-0.2, 0) is 0 Å². The number of halogens is 2. The number of phenols is 2. The Kier molecular flexibility index (Phi) is 8.75. The van der Waals surface area contributed by atoms with Gasteiger partial charge in [-0.3, -0.25) is 4.90 Å². The zero-order valence-electron chi connectivity index (χ0n) is 15.8. The average molecular weight is 398 g/mol. The number of aromatic hydroxyl groups is 2. The average Bonchev–Trinajstić information content (AvgIpc) is 2.54. The third-order valence-corrected chi connectivity index (χ3v) is 4.91. The first-order valence-electron chi connectivity index (χ1n) is 8.83. The molecule has 0 bridgehead atoms. The van der Waals surface area contributed by atoms with Gasteiger partial charge in [-0.15, -0.1) is 12.4 Å². The van der Waals surface area contributed by atoms with Crippen molar-refractivity contribution in [3.8, 4) is 11.5 Å². The Morgan fingerprint density at radius 1 is 0.885 bits per heavy atom. The lowest BCUT2D eigenvalue weighted by Crippen LogP contribution is -2.38. The Balaban J connectivity index is 0.00000338. The van der Waals surface area contributed by atoms with Crippen molar-refractivity contribution in [2.75, 3.05) is 6.54 Å². The molecule has 1 unspecified atom stereocenters. The number of phenolic OH excluding ortho intramolecular Hbond substituents is 2. The summed E-state index contributed by atoms with van der Waals surface area (Å²) < 4.78 is 0. The van der Waals surface area contributed by atoms with Crippen molar-refractivity contribution in [1.82, 2.24) is 4.90 Å². The molecule has 2 N–H and O–H groups in total. The Hall–Kier alpha value is -1.42. The van der Waals surface area contributed by atoms with Crippen LogP contribution in [0.15, 0.2) is 42.5 Å². The molecule has 0 aromatic heterocycles. The molecular weight excluding hydrogens is 369 g/mol. The van der Waals surface area contributed by atoms with E-state index in [2.05, 4.69) is 32.6 Å². The summed E-state index contributed by atoms with van der Waals surface area (Å²) in [4.78, 5) is 2.41. The summed E-state index contributed by atoms with van der Waals surface area (Å²) in [6, 6.07) is 13.3. The number of hydrogen-bond acceptors (Lipinski definition) is 3. The van der Waals surface area contributed by atoms with Gasteiger partial charge in [-0.2, -0.15) is 0 Å². The third kappa shape index (κ3) is 5.54. The van der Waals surface area contributed by atoms with Crippen LogP contribution in [-0.4, -0.2) is 33.7 Å². The van der Waals surface area contributed by atoms with E-state index >= 15 is 0 Å². The maximum absolute atomic E-state index is 10.4. The molecule has 0 aliphatic carbocycles. The van der Waals surface area contributed by atoms with Crippen molar-refractivity contribution in [2.45, 2.75) is 52.1 Å². The summed E-state index contributed by atoms with van der Waals surface area (Å²) in [7, 11) is 0. The van der Waals surface area contributed by atoms with Gasteiger partial charge >= 0.3 is 0 Å². The Morgan fingerprint density at radius 2 is 1.46 bits per heavy atom. The maximum atomic E-state index is 10.4. The van der Waals surface area contributed by atoms with E-state index in [-0.39, 0.29) is 29.8 Å². The van der Waals surface area contributed by atoms with Crippen molar-refractivity contribution >= 4 is 24.0 Å². The van der Waals surface area contributed by atoms with Crippen molar-refractivity contribution in [3.63, 3.8) is 0 Å². The zero-order valence-corrected chi connectivity index (χ0v) is 17.4. The smallest absolute Gasteiger partial charge is 0.119 e. The van der Waals surface area contributed by atoms with Crippen LogP contribution in [0.4, 0.5) is 0 Å². The van der Waals surface area contributed by atoms with E-state index in [9.17, 15) is 10.2 Å². The van der Waals surface area contributed by atoms with Gasteiger partial charge in [0.2, 0.25) is 0 Å². The topological polar surface area (TPSA) is 43.7 Å². The SMILES string of the molecule is CC(C)N(CCC(c1ccccc1O)c1cc(Cl)ccc1O)C(C)C.Cl. The van der Waals surface area contributed by atoms with Gasteiger partial charge in [-0.1, -0.05) is 29.8 Å². The second-order valence-corrected chi connectivity index (χ2v) is 7.46. The standard InChI is InChI=1S/C21H28ClNO2.ClH/c1-14(2)23(15(3)4)12-11-17(18-7-5-6-8-20(18)24)19-13-16(22)9-10-21(19)25;/h5-10,13-15,17,24-25H,11-12H2,1-4H3;1H. The molecule has 0 fully saturated rings. The van der Waals surface area contributed by atoms with E-state index in [1.54, 1.807) is 24.3 Å². The zero-order chi connectivity index (χ0) is 18.6. The molecule has 2 rings (SSSR count). The number of benzene rings is 2. The lowest BCUT2D eigenvalue weighted by atomic mass is 9.87. The van der Waals surface area contributed by atoms with Crippen molar-refractivity contribution in [1.29, 1.82) is 0 Å². The van der Waals surface area contributed by atoms with E-state index in [4.69, 9.17) is 11.6 Å². The number of nitrogens with zero attached hydrogens (tertiary/aromatic N) is 1. The van der Waals surface area contributed by atoms with Crippen LogP contribution in [0.25, 0.3) is 0 Å². The number of hydrogen-bond donors (Lipinski definition) is 2. The Labute approximate surface area is 168 Å². The maximum Gasteiger partial charge on any atom is 0.119 e. The summed E-state index contributed by atoms with van der Waals surface area (Å²) in [5.41, 5.74) is 1.56. The monoisotopic (exact) mass is 397 g/mol. The minimum atomic E-state index is -0.125. The van der Waals surface area contributed by atoms with Crippen LogP contribution in [0.2, 0.25) is 5.02 Å². The van der Waals surface area contributed by atoms with Gasteiger partial charge < -0.3 is 10.2 Å². The largest absolute Gasteiger partial charge is 0.508 e. The molecule has 26 heavy (non-hydrogen) atoms. The molecule has 3 nitrogen and oxygen atoms in total. The molecule has 0 radical (unpaired) electrons. The van der Waals surface area contributed by atoms with E-state index in [0.717, 1.165) is 24.1 Å². The molecule has 0 saturated carbocycles. The van der Waals surface area contributed by atoms with E-state index in [1.165, 1.54) is 0 Å². The highest BCUT2D eigenvalue weighted by Gasteiger charge is 2.23. The second-order valence-electron chi connectivity index (χ2n) is 7.03. The van der Waals surface area contributed by atoms with Crippen molar-refractivity contribution in [3.05, 3.63) is 58.6 Å². The van der Waals surface area contributed by atoms with Gasteiger partial charge in [0.1, 0.15) is 11.5 Å². The molecule has 5 heteroatoms. The van der Waals surface area contributed by atoms with Gasteiger partial charge in [0.25, 0.3) is 0 Å². The van der Waals surface area contributed by atoms with Crippen molar-refractivity contribution < 1.29 is 10.2 Å². The molecule has 0 saturated heterocycles. The van der Waals surface area contributed by atoms with Crippen LogP contribution < -0.4 is 0 Å². The van der Waals surface area contributed by atoms with Gasteiger partial charge in [-0.25, -0.2) is 0 Å². The molecule has 0 heterocycles. The minimum Gasteiger partial charge on any atom is -0.508 e. The van der Waals surface area contributed by atoms with Crippen LogP contribution in [0.1, 0.15) is 51.2 Å². The van der Waals surface area contributed by atoms with Gasteiger partial charge in [0.05, 0.1) is 0 Å². The second kappa shape index (κ2) is 10.1. The van der Waals surface area contributed by atoms with Gasteiger partial charge in [-0.05, 0) is 64.9 Å². The van der Waals surface area contributed by atoms with E-state index < -0.39 is 0 Å². The molecule has 144 valence electrons. The lowest BCUT2D eigenvalue weighted by Gasteiger charge is -2.32. The summed E-state index contributed by atoms with van der Waals surface area (Å²) in [5, 5.41) is 21.3. The lowest BCUT2D eigenvalue weighted by molar-refractivity contribution is 0.170. The number of rotatable bonds is 7. The summed E-state index contributed by atoms with van der Waals surface area (Å²) in [6.45, 7) is 9.61. The van der Waals surface area contributed by atoms with Crippen molar-refractivity contribution in [2.24, 2.45) is 0 Å². The van der Waals surface area contributed by atoms with E-state index in [1.807, 2.05) is 18.2 Å². The molecule has 0 aliphatic heterocycles. The summed E-state index contributed by atoms with van der Waals surface area (Å²) >= 11 is 6.17. The molecule has 2 aromatic rings. The fourth-order valence-electron chi connectivity index (χ4n) is 3.46. The first-order valence-corrected chi connectivity index (χ1v) is 9.21. The first-order chi connectivity index (χ1) is 11.8. The predicted octanol–water partition coefficient (Wildman–Crippen LogP) is 5.81. The fraction of sp³-hybridized carbons (Fsp3) is 0.429. The summed E-state index contributed by atoms with van der Waals surface area (Å²) in [6.07, 6.45) is 0.780. The van der Waals surface area contributed by atoms with Crippen LogP contribution in [0.5, 0.6) is 11.5 Å². The molecule has 0 amide bonds. The first kappa shape index (κ1) is 22.6. The molecule has 1 atom stereocenters. The third-order valence-electron chi connectivity index (χ3n) is 4.68. The minimum absolute atomic E-state index is 0. The predicted molar refractivity (Wildman–Crippen MR) is 112 cm³/mol. The van der Waals surface area contributed by atoms with Gasteiger partial charge in [0, 0.05) is 34.2 Å².